The maximum Gasteiger partial charge on any atom is 0.260 e. The largest absolute Gasteiger partial charge is 0.370 e. The fourth-order valence-corrected chi connectivity index (χ4v) is 3.83. The van der Waals surface area contributed by atoms with Crippen molar-refractivity contribution in [2.24, 2.45) is 11.7 Å². The molecule has 1 aliphatic heterocycles. The summed E-state index contributed by atoms with van der Waals surface area (Å²) in [7, 11) is -3.50. The summed E-state index contributed by atoms with van der Waals surface area (Å²) in [5.74, 6) is 0.520. The van der Waals surface area contributed by atoms with Gasteiger partial charge >= 0.3 is 0 Å². The minimum atomic E-state index is -3.50. The molecule has 2 rings (SSSR count). The smallest absolute Gasteiger partial charge is 0.260 e. The van der Waals surface area contributed by atoms with Crippen molar-refractivity contribution in [1.82, 2.24) is 14.3 Å². The first-order valence-electron chi connectivity index (χ1n) is 6.75. The lowest BCUT2D eigenvalue weighted by Gasteiger charge is -2.30. The number of sulfonamides is 1. The first-order chi connectivity index (χ1) is 9.43. The van der Waals surface area contributed by atoms with E-state index in [4.69, 9.17) is 5.73 Å². The molecule has 112 valence electrons. The Hall–Kier alpha value is -1.41. The zero-order valence-electron chi connectivity index (χ0n) is 11.5. The van der Waals surface area contributed by atoms with Crippen molar-refractivity contribution in [3.05, 3.63) is 12.0 Å². The van der Waals surface area contributed by atoms with Crippen molar-refractivity contribution < 1.29 is 13.2 Å². The fraction of sp³-hybridized carbons (Fsp3) is 0.667. The second-order valence-electron chi connectivity index (χ2n) is 5.07. The van der Waals surface area contributed by atoms with Crippen LogP contribution in [0.3, 0.4) is 0 Å². The molecule has 0 aromatic carbocycles. The van der Waals surface area contributed by atoms with E-state index in [-0.39, 0.29) is 16.9 Å². The molecule has 0 unspecified atom stereocenters. The summed E-state index contributed by atoms with van der Waals surface area (Å²) in [5, 5.41) is 0.141. The van der Waals surface area contributed by atoms with Gasteiger partial charge in [0.25, 0.3) is 10.0 Å². The molecule has 7 nitrogen and oxygen atoms in total. The highest BCUT2D eigenvalue weighted by Crippen LogP contribution is 2.24. The second kappa shape index (κ2) is 5.92. The van der Waals surface area contributed by atoms with Gasteiger partial charge in [-0.2, -0.15) is 4.31 Å². The summed E-state index contributed by atoms with van der Waals surface area (Å²) in [5.41, 5.74) is 5.17. The van der Waals surface area contributed by atoms with E-state index in [0.29, 0.717) is 44.6 Å². The number of nitrogens with zero attached hydrogens (tertiary/aromatic N) is 2. The lowest BCUT2D eigenvalue weighted by molar-refractivity contribution is -0.119. The molecule has 3 N–H and O–H groups in total. The van der Waals surface area contributed by atoms with Gasteiger partial charge in [-0.15, -0.1) is 0 Å². The zero-order chi connectivity index (χ0) is 14.8. The van der Waals surface area contributed by atoms with Gasteiger partial charge in [-0.25, -0.2) is 13.4 Å². The van der Waals surface area contributed by atoms with Gasteiger partial charge in [0.05, 0.1) is 6.20 Å². The van der Waals surface area contributed by atoms with E-state index < -0.39 is 10.0 Å². The van der Waals surface area contributed by atoms with Gasteiger partial charge in [-0.3, -0.25) is 4.79 Å². The summed E-state index contributed by atoms with van der Waals surface area (Å²) in [6, 6.07) is 0. The van der Waals surface area contributed by atoms with Crippen LogP contribution in [0.2, 0.25) is 0 Å². The normalized spacial score (nSPS) is 18.2. The number of hydrogen-bond acceptors (Lipinski definition) is 4. The number of primary amides is 1. The Balaban J connectivity index is 2.03. The maximum atomic E-state index is 12.4. The minimum Gasteiger partial charge on any atom is -0.370 e. The van der Waals surface area contributed by atoms with Crippen LogP contribution in [0.25, 0.3) is 0 Å². The van der Waals surface area contributed by atoms with Crippen molar-refractivity contribution in [3.8, 4) is 0 Å². The molecule has 0 radical (unpaired) electrons. The average Bonchev–Trinajstić information content (AvgIpc) is 2.88. The molecule has 0 spiro atoms. The van der Waals surface area contributed by atoms with E-state index in [0.717, 1.165) is 0 Å². The van der Waals surface area contributed by atoms with Crippen LogP contribution in [0, 0.1) is 5.92 Å². The molecule has 0 atom stereocenters. The van der Waals surface area contributed by atoms with Crippen molar-refractivity contribution in [1.29, 1.82) is 0 Å². The molecule has 2 heterocycles. The predicted molar refractivity (Wildman–Crippen MR) is 73.3 cm³/mol. The third kappa shape index (κ3) is 3.18. The Kier molecular flexibility index (Phi) is 4.44. The number of imidazole rings is 1. The number of aryl methyl sites for hydroxylation is 1. The molecule has 1 aromatic heterocycles. The number of carbonyl (C=O) groups excluding carboxylic acids is 1. The Labute approximate surface area is 118 Å². The van der Waals surface area contributed by atoms with E-state index in [9.17, 15) is 13.2 Å². The van der Waals surface area contributed by atoms with E-state index >= 15 is 0 Å². The van der Waals surface area contributed by atoms with Gasteiger partial charge < -0.3 is 10.7 Å². The first-order valence-corrected chi connectivity index (χ1v) is 8.19. The molecule has 8 heteroatoms. The lowest BCUT2D eigenvalue weighted by Crippen LogP contribution is -2.39. The Morgan fingerprint density at radius 2 is 2.15 bits per heavy atom. The number of nitrogens with two attached hydrogens (primary N) is 1. The monoisotopic (exact) mass is 300 g/mol. The van der Waals surface area contributed by atoms with Crippen LogP contribution in [-0.4, -0.2) is 41.7 Å². The quantitative estimate of drug-likeness (QED) is 0.812. The van der Waals surface area contributed by atoms with Gasteiger partial charge in [0.15, 0.2) is 5.03 Å². The van der Waals surface area contributed by atoms with Crippen molar-refractivity contribution >= 4 is 15.9 Å². The molecule has 1 saturated heterocycles. The SMILES string of the molecule is CCc1ncc(S(=O)(=O)N2CCC(CC(N)=O)CC2)[nH]1. The predicted octanol–water partition coefficient (Wildman–Crippen LogP) is 0.248. The van der Waals surface area contributed by atoms with Crippen molar-refractivity contribution in [3.63, 3.8) is 0 Å². The zero-order valence-corrected chi connectivity index (χ0v) is 12.3. The molecule has 0 bridgehead atoms. The number of amides is 1. The summed E-state index contributed by atoms with van der Waals surface area (Å²) < 4.78 is 26.3. The van der Waals surface area contributed by atoms with Crippen LogP contribution >= 0.6 is 0 Å². The molecule has 1 amide bonds. The standard InChI is InChI=1S/C12H20N4O3S/c1-2-11-14-8-12(15-11)20(18,19)16-5-3-9(4-6-16)7-10(13)17/h8-9H,2-7H2,1H3,(H2,13,17)(H,14,15). The number of aromatic nitrogens is 2. The van der Waals surface area contributed by atoms with Gasteiger partial charge in [-0.1, -0.05) is 6.92 Å². The summed E-state index contributed by atoms with van der Waals surface area (Å²) in [6.07, 6.45) is 3.69. The third-order valence-corrected chi connectivity index (χ3v) is 5.43. The highest BCUT2D eigenvalue weighted by Gasteiger charge is 2.31. The van der Waals surface area contributed by atoms with Crippen LogP contribution in [-0.2, 0) is 21.2 Å². The highest BCUT2D eigenvalue weighted by atomic mass is 32.2. The summed E-state index contributed by atoms with van der Waals surface area (Å²) >= 11 is 0. The Bertz CT molecular complexity index is 573. The van der Waals surface area contributed by atoms with Gasteiger partial charge in [0, 0.05) is 25.9 Å². The molecular weight excluding hydrogens is 280 g/mol. The van der Waals surface area contributed by atoms with E-state index in [1.54, 1.807) is 0 Å². The number of carbonyl (C=O) groups is 1. The van der Waals surface area contributed by atoms with Crippen molar-refractivity contribution in [2.45, 2.75) is 37.6 Å². The number of H-pyrrole nitrogens is 1. The maximum absolute atomic E-state index is 12.4. The topological polar surface area (TPSA) is 109 Å². The van der Waals surface area contributed by atoms with E-state index in [1.165, 1.54) is 10.5 Å². The Morgan fingerprint density at radius 1 is 1.50 bits per heavy atom. The lowest BCUT2D eigenvalue weighted by atomic mass is 9.94. The fourth-order valence-electron chi connectivity index (χ4n) is 2.43. The second-order valence-corrected chi connectivity index (χ2v) is 6.97. The number of rotatable bonds is 5. The van der Waals surface area contributed by atoms with Crippen LogP contribution in [0.4, 0.5) is 0 Å². The van der Waals surface area contributed by atoms with Gasteiger partial charge in [0.1, 0.15) is 5.82 Å². The molecule has 1 aromatic rings. The van der Waals surface area contributed by atoms with Crippen LogP contribution < -0.4 is 5.73 Å². The first kappa shape index (κ1) is 15.0. The molecule has 1 aliphatic rings. The number of nitrogens with one attached hydrogen (secondary N) is 1. The van der Waals surface area contributed by atoms with Crippen LogP contribution in [0.15, 0.2) is 11.2 Å². The molecular formula is C12H20N4O3S. The van der Waals surface area contributed by atoms with Crippen molar-refractivity contribution in [2.75, 3.05) is 13.1 Å². The van der Waals surface area contributed by atoms with Gasteiger partial charge in [0.2, 0.25) is 5.91 Å². The summed E-state index contributed by atoms with van der Waals surface area (Å²) in [6.45, 7) is 2.74. The van der Waals surface area contributed by atoms with E-state index in [1.807, 2.05) is 6.92 Å². The summed E-state index contributed by atoms with van der Waals surface area (Å²) in [4.78, 5) is 17.7. The minimum absolute atomic E-state index is 0.141. The molecule has 20 heavy (non-hydrogen) atoms. The van der Waals surface area contributed by atoms with Crippen LogP contribution in [0.5, 0.6) is 0 Å². The molecule has 1 fully saturated rings. The molecule has 0 aliphatic carbocycles. The van der Waals surface area contributed by atoms with Gasteiger partial charge in [-0.05, 0) is 18.8 Å². The number of piperidine rings is 1. The Morgan fingerprint density at radius 3 is 2.65 bits per heavy atom. The van der Waals surface area contributed by atoms with E-state index in [2.05, 4.69) is 9.97 Å². The average molecular weight is 300 g/mol. The highest BCUT2D eigenvalue weighted by molar-refractivity contribution is 7.89. The number of aromatic amines is 1. The van der Waals surface area contributed by atoms with Crippen LogP contribution in [0.1, 0.15) is 32.0 Å². The number of hydrogen-bond donors (Lipinski definition) is 2. The molecule has 0 saturated carbocycles. The third-order valence-electron chi connectivity index (χ3n) is 3.62.